The van der Waals surface area contributed by atoms with Crippen molar-refractivity contribution in [3.8, 4) is 0 Å². The van der Waals surface area contributed by atoms with Crippen LogP contribution in [0.4, 0.5) is 13.2 Å². The summed E-state index contributed by atoms with van der Waals surface area (Å²) in [7, 11) is 0. The molecule has 2 unspecified atom stereocenters. The maximum absolute atomic E-state index is 13.2. The van der Waals surface area contributed by atoms with Gasteiger partial charge in [0.2, 0.25) is 5.91 Å². The van der Waals surface area contributed by atoms with Crippen molar-refractivity contribution in [3.05, 3.63) is 35.4 Å². The molecule has 0 aromatic heterocycles. The molecule has 1 amide bonds. The summed E-state index contributed by atoms with van der Waals surface area (Å²) >= 11 is 0. The molecule has 2 fully saturated rings. The lowest BCUT2D eigenvalue weighted by Gasteiger charge is -2.34. The Kier molecular flexibility index (Phi) is 5.74. The second kappa shape index (κ2) is 7.88. The summed E-state index contributed by atoms with van der Waals surface area (Å²) in [5, 5.41) is 8.97. The minimum atomic E-state index is -4.46. The van der Waals surface area contributed by atoms with Crippen LogP contribution in [0.2, 0.25) is 0 Å². The molecule has 1 saturated heterocycles. The molecule has 1 aromatic rings. The average molecular weight is 385 g/mol. The number of rotatable bonds is 6. The first-order chi connectivity index (χ1) is 12.8. The molecule has 1 aromatic carbocycles. The van der Waals surface area contributed by atoms with Crippen molar-refractivity contribution in [2.24, 2.45) is 5.92 Å². The molecule has 0 spiro atoms. The first-order valence-electron chi connectivity index (χ1n) is 9.05. The van der Waals surface area contributed by atoms with Gasteiger partial charge in [0, 0.05) is 31.7 Å². The van der Waals surface area contributed by atoms with E-state index >= 15 is 0 Å². The van der Waals surface area contributed by atoms with Crippen LogP contribution in [-0.4, -0.2) is 47.7 Å². The van der Waals surface area contributed by atoms with Gasteiger partial charge in [-0.1, -0.05) is 18.2 Å². The topological polar surface area (TPSA) is 66.8 Å². The molecule has 1 heterocycles. The Hall–Kier alpha value is -2.09. The quantitative estimate of drug-likeness (QED) is 0.816. The SMILES string of the molecule is O=C(O)CCN(C(=O)C1CC1c1ccccc1C(F)(F)F)C1CCOCC1. The van der Waals surface area contributed by atoms with Crippen LogP contribution in [0.15, 0.2) is 24.3 Å². The van der Waals surface area contributed by atoms with Crippen molar-refractivity contribution in [3.63, 3.8) is 0 Å². The lowest BCUT2D eigenvalue weighted by Crippen LogP contribution is -2.45. The van der Waals surface area contributed by atoms with Crippen molar-refractivity contribution in [2.75, 3.05) is 19.8 Å². The fourth-order valence-corrected chi connectivity index (χ4v) is 3.79. The number of nitrogens with zero attached hydrogens (tertiary/aromatic N) is 1. The number of amides is 1. The van der Waals surface area contributed by atoms with Gasteiger partial charge in [0.15, 0.2) is 0 Å². The van der Waals surface area contributed by atoms with Crippen molar-refractivity contribution < 1.29 is 32.6 Å². The highest BCUT2D eigenvalue weighted by molar-refractivity contribution is 5.84. The van der Waals surface area contributed by atoms with E-state index in [4.69, 9.17) is 9.84 Å². The third-order valence-corrected chi connectivity index (χ3v) is 5.25. The number of halogens is 3. The van der Waals surface area contributed by atoms with Crippen molar-refractivity contribution in [1.82, 2.24) is 4.90 Å². The smallest absolute Gasteiger partial charge is 0.416 e. The first kappa shape index (κ1) is 19.7. The van der Waals surface area contributed by atoms with Gasteiger partial charge in [-0.15, -0.1) is 0 Å². The molecule has 0 radical (unpaired) electrons. The average Bonchev–Trinajstić information content (AvgIpc) is 3.42. The third kappa shape index (κ3) is 4.61. The van der Waals surface area contributed by atoms with Crippen LogP contribution >= 0.6 is 0 Å². The van der Waals surface area contributed by atoms with Crippen molar-refractivity contribution >= 4 is 11.9 Å². The number of carboxylic acid groups (broad SMARTS) is 1. The summed E-state index contributed by atoms with van der Waals surface area (Å²) in [6.07, 6.45) is -3.06. The van der Waals surface area contributed by atoms with E-state index in [1.165, 1.54) is 12.1 Å². The van der Waals surface area contributed by atoms with Gasteiger partial charge in [-0.05, 0) is 36.8 Å². The first-order valence-corrected chi connectivity index (χ1v) is 9.05. The van der Waals surface area contributed by atoms with E-state index in [0.717, 1.165) is 6.07 Å². The molecule has 3 rings (SSSR count). The number of carbonyl (C=O) groups is 2. The maximum atomic E-state index is 13.2. The molecule has 27 heavy (non-hydrogen) atoms. The monoisotopic (exact) mass is 385 g/mol. The molecular weight excluding hydrogens is 363 g/mol. The molecule has 1 saturated carbocycles. The molecule has 1 aliphatic carbocycles. The number of aliphatic carboxylic acids is 1. The van der Waals surface area contributed by atoms with Crippen LogP contribution in [0.5, 0.6) is 0 Å². The Labute approximate surface area is 155 Å². The van der Waals surface area contributed by atoms with Crippen molar-refractivity contribution in [1.29, 1.82) is 0 Å². The zero-order valence-electron chi connectivity index (χ0n) is 14.7. The summed E-state index contributed by atoms with van der Waals surface area (Å²) in [5.41, 5.74) is -0.554. The Balaban J connectivity index is 1.75. The molecule has 8 heteroatoms. The van der Waals surface area contributed by atoms with Crippen LogP contribution < -0.4 is 0 Å². The molecule has 1 aliphatic heterocycles. The molecule has 5 nitrogen and oxygen atoms in total. The Morgan fingerprint density at radius 2 is 1.85 bits per heavy atom. The van der Waals surface area contributed by atoms with Gasteiger partial charge in [-0.3, -0.25) is 9.59 Å². The Morgan fingerprint density at radius 1 is 1.19 bits per heavy atom. The summed E-state index contributed by atoms with van der Waals surface area (Å²) in [4.78, 5) is 25.5. The summed E-state index contributed by atoms with van der Waals surface area (Å²) in [6, 6.07) is 5.23. The normalized spacial score (nSPS) is 23.1. The van der Waals surface area contributed by atoms with Gasteiger partial charge >= 0.3 is 12.1 Å². The van der Waals surface area contributed by atoms with Crippen LogP contribution in [-0.2, 0) is 20.5 Å². The molecule has 1 N–H and O–H groups in total. The predicted molar refractivity (Wildman–Crippen MR) is 90.1 cm³/mol. The molecule has 2 aliphatic rings. The largest absolute Gasteiger partial charge is 0.481 e. The number of carbonyl (C=O) groups excluding carboxylic acids is 1. The van der Waals surface area contributed by atoms with E-state index in [0.29, 0.717) is 32.5 Å². The molecule has 2 atom stereocenters. The third-order valence-electron chi connectivity index (χ3n) is 5.25. The summed E-state index contributed by atoms with van der Waals surface area (Å²) in [5.74, 6) is -2.24. The van der Waals surface area contributed by atoms with Crippen molar-refractivity contribution in [2.45, 2.75) is 43.8 Å². The fraction of sp³-hybridized carbons (Fsp3) is 0.579. The Morgan fingerprint density at radius 3 is 2.48 bits per heavy atom. The number of hydrogen-bond acceptors (Lipinski definition) is 3. The van der Waals surface area contributed by atoms with Gasteiger partial charge in [0.05, 0.1) is 12.0 Å². The van der Waals surface area contributed by atoms with Gasteiger partial charge in [-0.25, -0.2) is 0 Å². The minimum Gasteiger partial charge on any atom is -0.481 e. The highest BCUT2D eigenvalue weighted by Crippen LogP contribution is 2.52. The number of alkyl halides is 3. The maximum Gasteiger partial charge on any atom is 0.416 e. The van der Waals surface area contributed by atoms with Gasteiger partial charge in [0.1, 0.15) is 0 Å². The van der Waals surface area contributed by atoms with Gasteiger partial charge in [-0.2, -0.15) is 13.2 Å². The van der Waals surface area contributed by atoms with E-state index in [9.17, 15) is 22.8 Å². The highest BCUT2D eigenvalue weighted by atomic mass is 19.4. The van der Waals surface area contributed by atoms with Crippen LogP contribution in [0.25, 0.3) is 0 Å². The van der Waals surface area contributed by atoms with Gasteiger partial charge < -0.3 is 14.7 Å². The van der Waals surface area contributed by atoms with E-state index in [1.807, 2.05) is 0 Å². The fourth-order valence-electron chi connectivity index (χ4n) is 3.79. The number of benzene rings is 1. The number of hydrogen-bond donors (Lipinski definition) is 1. The minimum absolute atomic E-state index is 0.0724. The van der Waals surface area contributed by atoms with E-state index in [-0.39, 0.29) is 30.5 Å². The predicted octanol–water partition coefficient (Wildman–Crippen LogP) is 3.29. The molecular formula is C19H22F3NO4. The van der Waals surface area contributed by atoms with Crippen LogP contribution in [0.3, 0.4) is 0 Å². The summed E-state index contributed by atoms with van der Waals surface area (Å²) < 4.78 is 45.0. The number of carboxylic acids is 1. The van der Waals surface area contributed by atoms with E-state index < -0.39 is 29.5 Å². The molecule has 148 valence electrons. The zero-order chi connectivity index (χ0) is 19.6. The van der Waals surface area contributed by atoms with Crippen LogP contribution in [0, 0.1) is 5.92 Å². The lowest BCUT2D eigenvalue weighted by atomic mass is 10.0. The second-order valence-corrected chi connectivity index (χ2v) is 7.05. The molecule has 0 bridgehead atoms. The van der Waals surface area contributed by atoms with Crippen LogP contribution in [0.1, 0.15) is 42.7 Å². The van der Waals surface area contributed by atoms with E-state index in [1.54, 1.807) is 11.0 Å². The highest BCUT2D eigenvalue weighted by Gasteiger charge is 2.49. The summed E-state index contributed by atoms with van der Waals surface area (Å²) in [6.45, 7) is 1.06. The van der Waals surface area contributed by atoms with Gasteiger partial charge in [0.25, 0.3) is 0 Å². The standard InChI is InChI=1S/C19H22F3NO4/c20-19(21,22)16-4-2-1-3-13(16)14-11-15(14)18(26)23(8-5-17(24)25)12-6-9-27-10-7-12/h1-4,12,14-15H,5-11H2,(H,24,25). The second-order valence-electron chi connectivity index (χ2n) is 7.05. The zero-order valence-corrected chi connectivity index (χ0v) is 14.7. The Bertz CT molecular complexity index is 700. The van der Waals surface area contributed by atoms with E-state index in [2.05, 4.69) is 0 Å². The lowest BCUT2D eigenvalue weighted by molar-refractivity contribution is -0.142. The number of ether oxygens (including phenoxy) is 1.